The molecule has 0 saturated carbocycles. The SMILES string of the molecule is CCCCCCCCCCCC(=O)COC(=O)[C@H](C)N.[NaH]. The first-order valence-corrected chi connectivity index (χ1v) is 8.01. The molecule has 4 nitrogen and oxygen atoms in total. The Morgan fingerprint density at radius 2 is 1.43 bits per heavy atom. The molecular formula is C16H32NNaO3. The summed E-state index contributed by atoms with van der Waals surface area (Å²) >= 11 is 0. The number of nitrogens with two attached hydrogens (primary N) is 1. The molecule has 0 radical (unpaired) electrons. The third-order valence-corrected chi connectivity index (χ3v) is 3.31. The van der Waals surface area contributed by atoms with Crippen molar-refractivity contribution >= 4 is 41.3 Å². The van der Waals surface area contributed by atoms with E-state index in [9.17, 15) is 9.59 Å². The normalized spacial score (nSPS) is 11.6. The van der Waals surface area contributed by atoms with E-state index in [1.165, 1.54) is 44.9 Å². The molecule has 5 heteroatoms. The number of rotatable bonds is 13. The van der Waals surface area contributed by atoms with Crippen LogP contribution in [0.2, 0.25) is 0 Å². The summed E-state index contributed by atoms with van der Waals surface area (Å²) < 4.78 is 4.78. The van der Waals surface area contributed by atoms with E-state index in [2.05, 4.69) is 6.92 Å². The summed E-state index contributed by atoms with van der Waals surface area (Å²) in [6.45, 7) is 3.65. The molecule has 0 heterocycles. The summed E-state index contributed by atoms with van der Waals surface area (Å²) in [5.41, 5.74) is 5.33. The summed E-state index contributed by atoms with van der Waals surface area (Å²) in [6.07, 6.45) is 11.5. The van der Waals surface area contributed by atoms with E-state index in [1.54, 1.807) is 6.92 Å². The van der Waals surface area contributed by atoms with Crippen LogP contribution >= 0.6 is 0 Å². The third-order valence-electron chi connectivity index (χ3n) is 3.31. The molecule has 1 atom stereocenters. The minimum atomic E-state index is -0.657. The Bertz CT molecular complexity index is 270. The van der Waals surface area contributed by atoms with Gasteiger partial charge in [0.25, 0.3) is 0 Å². The molecule has 0 spiro atoms. The van der Waals surface area contributed by atoms with Crippen LogP contribution in [0.5, 0.6) is 0 Å². The van der Waals surface area contributed by atoms with Gasteiger partial charge in [-0.15, -0.1) is 0 Å². The summed E-state index contributed by atoms with van der Waals surface area (Å²) in [5.74, 6) is -0.521. The monoisotopic (exact) mass is 309 g/mol. The van der Waals surface area contributed by atoms with Gasteiger partial charge in [0, 0.05) is 6.42 Å². The second-order valence-electron chi connectivity index (χ2n) is 5.51. The van der Waals surface area contributed by atoms with Gasteiger partial charge in [0.15, 0.2) is 5.78 Å². The van der Waals surface area contributed by atoms with Crippen molar-refractivity contribution in [2.75, 3.05) is 6.61 Å². The van der Waals surface area contributed by atoms with Crippen molar-refractivity contribution in [3.8, 4) is 0 Å². The molecule has 0 amide bonds. The second-order valence-corrected chi connectivity index (χ2v) is 5.51. The molecule has 21 heavy (non-hydrogen) atoms. The zero-order valence-electron chi connectivity index (χ0n) is 13.2. The fraction of sp³-hybridized carbons (Fsp3) is 0.875. The first-order chi connectivity index (χ1) is 9.57. The minimum absolute atomic E-state index is 0. The Morgan fingerprint density at radius 1 is 0.952 bits per heavy atom. The third kappa shape index (κ3) is 16.3. The fourth-order valence-corrected chi connectivity index (χ4v) is 1.99. The molecule has 0 fully saturated rings. The molecule has 0 aromatic heterocycles. The van der Waals surface area contributed by atoms with Gasteiger partial charge in [0.1, 0.15) is 12.6 Å². The topological polar surface area (TPSA) is 69.4 Å². The van der Waals surface area contributed by atoms with Crippen LogP contribution in [0.1, 0.15) is 78.1 Å². The maximum absolute atomic E-state index is 11.5. The van der Waals surface area contributed by atoms with Crippen molar-refractivity contribution in [2.24, 2.45) is 5.73 Å². The Balaban J connectivity index is 0. The van der Waals surface area contributed by atoms with E-state index in [1.807, 2.05) is 0 Å². The Kier molecular flexibility index (Phi) is 18.3. The van der Waals surface area contributed by atoms with E-state index < -0.39 is 12.0 Å². The number of ketones is 1. The Hall–Kier alpha value is 0.1000. The van der Waals surface area contributed by atoms with Crippen LogP contribution in [0.15, 0.2) is 0 Å². The molecule has 0 aliphatic heterocycles. The quantitative estimate of drug-likeness (QED) is 0.323. The number of ether oxygens (including phenoxy) is 1. The summed E-state index contributed by atoms with van der Waals surface area (Å²) in [5, 5.41) is 0. The first kappa shape index (κ1) is 23.4. The second kappa shape index (κ2) is 16.5. The van der Waals surface area contributed by atoms with Crippen molar-refractivity contribution in [1.82, 2.24) is 0 Å². The van der Waals surface area contributed by atoms with Crippen LogP contribution in [0, 0.1) is 0 Å². The van der Waals surface area contributed by atoms with Gasteiger partial charge in [0.2, 0.25) is 0 Å². The molecule has 0 aromatic carbocycles. The predicted octanol–water partition coefficient (Wildman–Crippen LogP) is 2.72. The number of unbranched alkanes of at least 4 members (excludes halogenated alkanes) is 8. The number of hydrogen-bond donors (Lipinski definition) is 1. The molecule has 0 bridgehead atoms. The summed E-state index contributed by atoms with van der Waals surface area (Å²) in [6, 6.07) is -0.657. The standard InChI is InChI=1S/C16H31NO3.Na.H/c1-3-4-5-6-7-8-9-10-11-12-15(18)13-20-16(19)14(2)17;;/h14H,3-13,17H2,1-2H3;;/t14-;;/m0../s1. The predicted molar refractivity (Wildman–Crippen MR) is 88.6 cm³/mol. The van der Waals surface area contributed by atoms with Gasteiger partial charge >= 0.3 is 35.5 Å². The van der Waals surface area contributed by atoms with E-state index in [4.69, 9.17) is 10.5 Å². The number of carbonyl (C=O) groups excluding carboxylic acids is 2. The van der Waals surface area contributed by atoms with Crippen molar-refractivity contribution in [1.29, 1.82) is 0 Å². The maximum atomic E-state index is 11.5. The van der Waals surface area contributed by atoms with Gasteiger partial charge in [0.05, 0.1) is 0 Å². The fourth-order valence-electron chi connectivity index (χ4n) is 1.99. The van der Waals surface area contributed by atoms with Crippen molar-refractivity contribution in [3.05, 3.63) is 0 Å². The molecule has 0 aromatic rings. The van der Waals surface area contributed by atoms with E-state index in [0.717, 1.165) is 12.8 Å². The molecule has 0 unspecified atom stereocenters. The first-order valence-electron chi connectivity index (χ1n) is 8.01. The van der Waals surface area contributed by atoms with Gasteiger partial charge in [-0.25, -0.2) is 0 Å². The zero-order valence-corrected chi connectivity index (χ0v) is 13.2. The molecule has 0 rings (SSSR count). The van der Waals surface area contributed by atoms with Crippen LogP contribution in [-0.2, 0) is 14.3 Å². The van der Waals surface area contributed by atoms with Gasteiger partial charge < -0.3 is 10.5 Å². The summed E-state index contributed by atoms with van der Waals surface area (Å²) in [7, 11) is 0. The molecule has 0 aliphatic rings. The van der Waals surface area contributed by atoms with Gasteiger partial charge in [-0.05, 0) is 13.3 Å². The molecule has 120 valence electrons. The number of Topliss-reactive ketones (excluding diaryl/α,β-unsaturated/α-hetero) is 1. The van der Waals surface area contributed by atoms with Gasteiger partial charge in [-0.2, -0.15) is 0 Å². The van der Waals surface area contributed by atoms with Gasteiger partial charge in [-0.3, -0.25) is 9.59 Å². The average molecular weight is 309 g/mol. The van der Waals surface area contributed by atoms with E-state index >= 15 is 0 Å². The number of carbonyl (C=O) groups is 2. The van der Waals surface area contributed by atoms with E-state index in [0.29, 0.717) is 6.42 Å². The number of hydrogen-bond acceptors (Lipinski definition) is 4. The van der Waals surface area contributed by atoms with Crippen LogP contribution in [0.3, 0.4) is 0 Å². The van der Waals surface area contributed by atoms with Crippen molar-refractivity contribution in [3.63, 3.8) is 0 Å². The average Bonchev–Trinajstić information content (AvgIpc) is 2.42. The van der Waals surface area contributed by atoms with Crippen molar-refractivity contribution < 1.29 is 14.3 Å². The number of esters is 1. The van der Waals surface area contributed by atoms with Crippen LogP contribution in [0.25, 0.3) is 0 Å². The summed E-state index contributed by atoms with van der Waals surface area (Å²) in [4.78, 5) is 22.5. The molecule has 2 N–H and O–H groups in total. The van der Waals surface area contributed by atoms with Crippen LogP contribution in [0.4, 0.5) is 0 Å². The zero-order chi connectivity index (χ0) is 15.2. The molecule has 0 saturated heterocycles. The van der Waals surface area contributed by atoms with E-state index in [-0.39, 0.29) is 41.9 Å². The van der Waals surface area contributed by atoms with Gasteiger partial charge in [-0.1, -0.05) is 58.3 Å². The Morgan fingerprint density at radius 3 is 1.90 bits per heavy atom. The molecular weight excluding hydrogens is 277 g/mol. The van der Waals surface area contributed by atoms with Crippen molar-refractivity contribution in [2.45, 2.75) is 84.1 Å². The van der Waals surface area contributed by atoms with Crippen LogP contribution < -0.4 is 5.73 Å². The molecule has 0 aliphatic carbocycles. The Labute approximate surface area is 151 Å². The van der Waals surface area contributed by atoms with Crippen LogP contribution in [-0.4, -0.2) is 54.0 Å².